The van der Waals surface area contributed by atoms with Crippen LogP contribution in [0.5, 0.6) is 0 Å². The van der Waals surface area contributed by atoms with Crippen molar-refractivity contribution in [2.24, 2.45) is 0 Å². The maximum atomic E-state index is 12.9. The Hall–Kier alpha value is -2.80. The number of hydrogen-bond acceptors (Lipinski definition) is 4. The third-order valence-corrected chi connectivity index (χ3v) is 3.91. The van der Waals surface area contributed by atoms with Crippen LogP contribution in [-0.4, -0.2) is 48.0 Å². The molecule has 1 saturated heterocycles. The number of hydrogen-bond donors (Lipinski definition) is 1. The molecule has 0 unspecified atom stereocenters. The van der Waals surface area contributed by atoms with Crippen molar-refractivity contribution in [2.75, 3.05) is 26.3 Å². The monoisotopic (exact) mass is 343 g/mol. The van der Waals surface area contributed by atoms with Crippen LogP contribution in [0.25, 0.3) is 0 Å². The number of morpholine rings is 1. The van der Waals surface area contributed by atoms with Crippen molar-refractivity contribution in [2.45, 2.75) is 6.54 Å². The predicted octanol–water partition coefficient (Wildman–Crippen LogP) is 1.62. The fourth-order valence-electron chi connectivity index (χ4n) is 2.50. The topological polar surface area (TPSA) is 71.5 Å². The molecule has 1 aliphatic rings. The minimum absolute atomic E-state index is 0.212. The highest BCUT2D eigenvalue weighted by Crippen LogP contribution is 2.08. The van der Waals surface area contributed by atoms with Gasteiger partial charge in [0.1, 0.15) is 11.5 Å². The van der Waals surface area contributed by atoms with Crippen LogP contribution in [0.3, 0.4) is 0 Å². The van der Waals surface area contributed by atoms with Crippen LogP contribution in [0.2, 0.25) is 0 Å². The van der Waals surface area contributed by atoms with Gasteiger partial charge in [0.2, 0.25) is 0 Å². The first-order valence-electron chi connectivity index (χ1n) is 7.99. The van der Waals surface area contributed by atoms with Crippen molar-refractivity contribution in [1.29, 1.82) is 0 Å². The molecule has 0 aliphatic carbocycles. The number of benzene rings is 1. The second-order valence-electron chi connectivity index (χ2n) is 5.64. The Labute approximate surface area is 144 Å². The first-order chi connectivity index (χ1) is 12.1. The van der Waals surface area contributed by atoms with E-state index >= 15 is 0 Å². The van der Waals surface area contributed by atoms with E-state index in [4.69, 9.17) is 4.74 Å². The lowest BCUT2D eigenvalue weighted by atomic mass is 10.2. The van der Waals surface area contributed by atoms with E-state index in [9.17, 15) is 14.0 Å². The smallest absolute Gasteiger partial charge is 0.272 e. The number of amides is 2. The molecule has 0 bridgehead atoms. The molecule has 1 aromatic carbocycles. The normalized spacial score (nSPS) is 14.2. The van der Waals surface area contributed by atoms with Crippen molar-refractivity contribution in [3.8, 4) is 0 Å². The van der Waals surface area contributed by atoms with Gasteiger partial charge in [-0.25, -0.2) is 4.39 Å². The van der Waals surface area contributed by atoms with Gasteiger partial charge in [-0.15, -0.1) is 0 Å². The van der Waals surface area contributed by atoms with Crippen molar-refractivity contribution >= 4 is 11.8 Å². The number of halogens is 1. The highest BCUT2D eigenvalue weighted by atomic mass is 19.1. The number of carbonyl (C=O) groups is 2. The van der Waals surface area contributed by atoms with Crippen molar-refractivity contribution in [1.82, 2.24) is 15.2 Å². The summed E-state index contributed by atoms with van der Waals surface area (Å²) in [4.78, 5) is 30.4. The second-order valence-corrected chi connectivity index (χ2v) is 5.64. The van der Waals surface area contributed by atoms with Crippen LogP contribution in [0.15, 0.2) is 42.6 Å². The lowest BCUT2D eigenvalue weighted by Gasteiger charge is -2.26. The van der Waals surface area contributed by atoms with E-state index in [1.54, 1.807) is 23.1 Å². The Morgan fingerprint density at radius 1 is 1.16 bits per heavy atom. The maximum absolute atomic E-state index is 12.9. The lowest BCUT2D eigenvalue weighted by Crippen LogP contribution is -2.41. The number of aromatic nitrogens is 1. The Morgan fingerprint density at radius 3 is 2.60 bits per heavy atom. The summed E-state index contributed by atoms with van der Waals surface area (Å²) < 4.78 is 18.1. The lowest BCUT2D eigenvalue weighted by molar-refractivity contribution is 0.0299. The third kappa shape index (κ3) is 4.39. The summed E-state index contributed by atoms with van der Waals surface area (Å²) in [7, 11) is 0. The first kappa shape index (κ1) is 17.0. The molecule has 0 spiro atoms. The molecular weight excluding hydrogens is 325 g/mol. The van der Waals surface area contributed by atoms with Gasteiger partial charge < -0.3 is 15.0 Å². The minimum atomic E-state index is -0.324. The molecule has 25 heavy (non-hydrogen) atoms. The number of carbonyl (C=O) groups excluding carboxylic acids is 2. The van der Waals surface area contributed by atoms with E-state index in [2.05, 4.69) is 10.3 Å². The highest BCUT2D eigenvalue weighted by molar-refractivity contribution is 5.98. The number of nitrogens with one attached hydrogen (secondary N) is 1. The summed E-state index contributed by atoms with van der Waals surface area (Å²) in [6.07, 6.45) is 1.44. The standard InChI is InChI=1S/C18H18FN3O3/c19-15-3-1-13(2-4-15)12-21-17(23)14-5-6-20-16(11-14)18(24)22-7-9-25-10-8-22/h1-6,11H,7-10,12H2,(H,21,23). The molecule has 0 saturated carbocycles. The summed E-state index contributed by atoms with van der Waals surface area (Å²) >= 11 is 0. The van der Waals surface area contributed by atoms with Gasteiger partial charge in [0.05, 0.1) is 13.2 Å². The molecule has 3 rings (SSSR count). The zero-order valence-electron chi connectivity index (χ0n) is 13.6. The fourth-order valence-corrected chi connectivity index (χ4v) is 2.50. The molecule has 130 valence electrons. The largest absolute Gasteiger partial charge is 0.378 e. The van der Waals surface area contributed by atoms with E-state index in [0.29, 0.717) is 31.9 Å². The van der Waals surface area contributed by atoms with Crippen LogP contribution >= 0.6 is 0 Å². The first-order valence-corrected chi connectivity index (χ1v) is 7.99. The molecule has 0 radical (unpaired) electrons. The highest BCUT2D eigenvalue weighted by Gasteiger charge is 2.20. The average Bonchev–Trinajstić information content (AvgIpc) is 2.67. The quantitative estimate of drug-likeness (QED) is 0.916. The van der Waals surface area contributed by atoms with Crippen LogP contribution < -0.4 is 5.32 Å². The minimum Gasteiger partial charge on any atom is -0.378 e. The SMILES string of the molecule is O=C(NCc1ccc(F)cc1)c1ccnc(C(=O)N2CCOCC2)c1. The number of ether oxygens (including phenoxy) is 1. The summed E-state index contributed by atoms with van der Waals surface area (Å²) in [6.45, 7) is 2.31. The fraction of sp³-hybridized carbons (Fsp3) is 0.278. The molecule has 1 fully saturated rings. The number of nitrogens with zero attached hydrogens (tertiary/aromatic N) is 2. The number of pyridine rings is 1. The van der Waals surface area contributed by atoms with Gasteiger partial charge in [-0.1, -0.05) is 12.1 Å². The average molecular weight is 343 g/mol. The molecule has 1 N–H and O–H groups in total. The van der Waals surface area contributed by atoms with Crippen LogP contribution in [-0.2, 0) is 11.3 Å². The molecule has 7 heteroatoms. The second kappa shape index (κ2) is 7.85. The Morgan fingerprint density at radius 2 is 1.88 bits per heavy atom. The third-order valence-electron chi connectivity index (χ3n) is 3.91. The van der Waals surface area contributed by atoms with E-state index in [-0.39, 0.29) is 29.9 Å². The van der Waals surface area contributed by atoms with E-state index in [1.165, 1.54) is 24.4 Å². The van der Waals surface area contributed by atoms with Gasteiger partial charge in [0, 0.05) is 31.4 Å². The van der Waals surface area contributed by atoms with E-state index in [0.717, 1.165) is 5.56 Å². The zero-order valence-corrected chi connectivity index (χ0v) is 13.6. The van der Waals surface area contributed by atoms with Gasteiger partial charge in [-0.05, 0) is 29.8 Å². The van der Waals surface area contributed by atoms with Crippen LogP contribution in [0, 0.1) is 5.82 Å². The summed E-state index contributed by atoms with van der Waals surface area (Å²) in [5.74, 6) is -0.852. The summed E-state index contributed by atoms with van der Waals surface area (Å²) in [5, 5.41) is 2.75. The Balaban J connectivity index is 1.64. The number of rotatable bonds is 4. The van der Waals surface area contributed by atoms with Crippen molar-refractivity contribution in [3.05, 3.63) is 65.2 Å². The zero-order chi connectivity index (χ0) is 17.6. The van der Waals surface area contributed by atoms with Gasteiger partial charge in [-0.3, -0.25) is 14.6 Å². The molecule has 1 aromatic heterocycles. The van der Waals surface area contributed by atoms with E-state index < -0.39 is 0 Å². The molecule has 2 aromatic rings. The molecule has 2 heterocycles. The molecule has 2 amide bonds. The Kier molecular flexibility index (Phi) is 5.35. The predicted molar refractivity (Wildman–Crippen MR) is 88.5 cm³/mol. The van der Waals surface area contributed by atoms with Crippen LogP contribution in [0.1, 0.15) is 26.4 Å². The Bertz CT molecular complexity index is 758. The van der Waals surface area contributed by atoms with Crippen LogP contribution in [0.4, 0.5) is 4.39 Å². The molecule has 1 aliphatic heterocycles. The summed E-state index contributed by atoms with van der Waals surface area (Å²) in [5.41, 5.74) is 1.37. The van der Waals surface area contributed by atoms with E-state index in [1.807, 2.05) is 0 Å². The van der Waals surface area contributed by atoms with Gasteiger partial charge >= 0.3 is 0 Å². The van der Waals surface area contributed by atoms with Gasteiger partial charge in [-0.2, -0.15) is 0 Å². The molecular formula is C18H18FN3O3. The molecule has 0 atom stereocenters. The summed E-state index contributed by atoms with van der Waals surface area (Å²) in [6, 6.07) is 8.93. The maximum Gasteiger partial charge on any atom is 0.272 e. The van der Waals surface area contributed by atoms with Crippen molar-refractivity contribution < 1.29 is 18.7 Å². The van der Waals surface area contributed by atoms with Gasteiger partial charge in [0.15, 0.2) is 0 Å². The molecule has 6 nitrogen and oxygen atoms in total. The van der Waals surface area contributed by atoms with Crippen molar-refractivity contribution in [3.63, 3.8) is 0 Å². The van der Waals surface area contributed by atoms with Gasteiger partial charge in [0.25, 0.3) is 11.8 Å².